The van der Waals surface area contributed by atoms with Crippen LogP contribution in [0.5, 0.6) is 0 Å². The van der Waals surface area contributed by atoms with Gasteiger partial charge in [-0.2, -0.15) is 0 Å². The van der Waals surface area contributed by atoms with E-state index < -0.39 is 0 Å². The number of carbonyl (C=O) groups is 1. The molecule has 1 aliphatic rings. The zero-order valence-corrected chi connectivity index (χ0v) is 10.4. The molecule has 0 saturated carbocycles. The lowest BCUT2D eigenvalue weighted by molar-refractivity contribution is -0.115. The number of hydrogen-bond donors (Lipinski definition) is 0. The summed E-state index contributed by atoms with van der Waals surface area (Å²) in [6.45, 7) is 0. The van der Waals surface area contributed by atoms with Crippen molar-refractivity contribution in [2.75, 3.05) is 0 Å². The molecule has 1 nitrogen and oxygen atoms in total. The Hall–Kier alpha value is -0.960. The Labute approximate surface area is 102 Å². The van der Waals surface area contributed by atoms with Gasteiger partial charge >= 0.3 is 0 Å². The summed E-state index contributed by atoms with van der Waals surface area (Å²) in [6.07, 6.45) is 5.05. The molecule has 0 unspecified atom stereocenters. The van der Waals surface area contributed by atoms with E-state index in [0.29, 0.717) is 10.9 Å². The van der Waals surface area contributed by atoms with Crippen LogP contribution in [0.3, 0.4) is 0 Å². The van der Waals surface area contributed by atoms with E-state index in [1.54, 1.807) is 18.2 Å². The molecule has 0 atom stereocenters. The molecular weight excluding hydrogens is 271 g/mol. The van der Waals surface area contributed by atoms with E-state index in [4.69, 9.17) is 0 Å². The van der Waals surface area contributed by atoms with Crippen LogP contribution in [-0.4, -0.2) is 5.78 Å². The highest BCUT2D eigenvalue weighted by Crippen LogP contribution is 2.22. The minimum absolute atomic E-state index is 0.211. The topological polar surface area (TPSA) is 17.1 Å². The van der Waals surface area contributed by atoms with Crippen LogP contribution >= 0.6 is 15.9 Å². The lowest BCUT2D eigenvalue weighted by Crippen LogP contribution is -2.04. The molecule has 3 heteroatoms. The van der Waals surface area contributed by atoms with Gasteiger partial charge in [-0.3, -0.25) is 4.79 Å². The molecule has 0 bridgehead atoms. The van der Waals surface area contributed by atoms with Crippen LogP contribution in [0.4, 0.5) is 4.39 Å². The fourth-order valence-corrected chi connectivity index (χ4v) is 2.34. The molecule has 2 rings (SSSR count). The zero-order chi connectivity index (χ0) is 11.5. The van der Waals surface area contributed by atoms with Crippen molar-refractivity contribution in [3.05, 3.63) is 45.7 Å². The first-order chi connectivity index (χ1) is 7.65. The summed E-state index contributed by atoms with van der Waals surface area (Å²) in [5.74, 6) is -0.0418. The van der Waals surface area contributed by atoms with Gasteiger partial charge in [0.1, 0.15) is 5.82 Å². The van der Waals surface area contributed by atoms with E-state index in [-0.39, 0.29) is 11.6 Å². The Kier molecular flexibility index (Phi) is 3.54. The number of ketones is 1. The molecule has 0 amide bonds. The van der Waals surface area contributed by atoms with Crippen LogP contribution in [0.25, 0.3) is 0 Å². The predicted octanol–water partition coefficient (Wildman–Crippen LogP) is 3.81. The summed E-state index contributed by atoms with van der Waals surface area (Å²) in [7, 11) is 0. The molecule has 0 saturated heterocycles. The van der Waals surface area contributed by atoms with Gasteiger partial charge in [-0.15, -0.1) is 0 Å². The highest BCUT2D eigenvalue weighted by Gasteiger charge is 2.10. The Morgan fingerprint density at radius 3 is 2.81 bits per heavy atom. The number of allylic oxidation sites excluding steroid dienone is 2. The third-order valence-electron chi connectivity index (χ3n) is 2.70. The van der Waals surface area contributed by atoms with E-state index in [1.807, 2.05) is 0 Å². The summed E-state index contributed by atoms with van der Waals surface area (Å²) in [6, 6.07) is 4.99. The van der Waals surface area contributed by atoms with Gasteiger partial charge in [0.05, 0.1) is 4.47 Å². The average Bonchev–Trinajstić information content (AvgIpc) is 2.24. The standard InChI is InChI=1S/C13H12BrFO/c14-12-8-10(4-5-13(12)15)6-9-2-1-3-11(16)7-9/h4-5,7-8H,1-3,6H2. The second kappa shape index (κ2) is 4.91. The minimum atomic E-state index is -0.252. The van der Waals surface area contributed by atoms with Crippen molar-refractivity contribution in [1.29, 1.82) is 0 Å². The van der Waals surface area contributed by atoms with Crippen molar-refractivity contribution in [3.8, 4) is 0 Å². The van der Waals surface area contributed by atoms with Crippen LogP contribution in [0, 0.1) is 5.82 Å². The molecule has 0 N–H and O–H groups in total. The lowest BCUT2D eigenvalue weighted by Gasteiger charge is -2.12. The van der Waals surface area contributed by atoms with Gasteiger partial charge in [-0.1, -0.05) is 11.6 Å². The molecular formula is C13H12BrFO. The maximum absolute atomic E-state index is 13.0. The van der Waals surface area contributed by atoms with Crippen LogP contribution in [0.2, 0.25) is 0 Å². The fourth-order valence-electron chi connectivity index (χ4n) is 1.91. The van der Waals surface area contributed by atoms with Gasteiger partial charge in [-0.25, -0.2) is 4.39 Å². The molecule has 0 heterocycles. The summed E-state index contributed by atoms with van der Waals surface area (Å²) in [5, 5.41) is 0. The SMILES string of the molecule is O=C1C=C(Cc2ccc(F)c(Br)c2)CCC1. The first-order valence-corrected chi connectivity index (χ1v) is 6.10. The van der Waals surface area contributed by atoms with Crippen molar-refractivity contribution < 1.29 is 9.18 Å². The second-order valence-corrected chi connectivity index (χ2v) is 4.90. The monoisotopic (exact) mass is 282 g/mol. The van der Waals surface area contributed by atoms with E-state index in [9.17, 15) is 9.18 Å². The van der Waals surface area contributed by atoms with Crippen molar-refractivity contribution in [1.82, 2.24) is 0 Å². The van der Waals surface area contributed by atoms with E-state index >= 15 is 0 Å². The van der Waals surface area contributed by atoms with Gasteiger partial charge in [0, 0.05) is 6.42 Å². The van der Waals surface area contributed by atoms with Crippen molar-refractivity contribution in [2.24, 2.45) is 0 Å². The Morgan fingerprint density at radius 2 is 2.12 bits per heavy atom. The Morgan fingerprint density at radius 1 is 1.31 bits per heavy atom. The maximum Gasteiger partial charge on any atom is 0.155 e. The molecule has 0 radical (unpaired) electrons. The molecule has 1 aliphatic carbocycles. The van der Waals surface area contributed by atoms with Crippen molar-refractivity contribution >= 4 is 21.7 Å². The maximum atomic E-state index is 13.0. The summed E-state index contributed by atoms with van der Waals surface area (Å²) in [5.41, 5.74) is 2.18. The van der Waals surface area contributed by atoms with Crippen molar-refractivity contribution in [3.63, 3.8) is 0 Å². The molecule has 84 valence electrons. The molecule has 0 fully saturated rings. The number of halogens is 2. The minimum Gasteiger partial charge on any atom is -0.295 e. The molecule has 1 aromatic rings. The first kappa shape index (κ1) is 11.5. The average molecular weight is 283 g/mol. The first-order valence-electron chi connectivity index (χ1n) is 5.31. The van der Waals surface area contributed by atoms with Crippen LogP contribution in [0.1, 0.15) is 24.8 Å². The number of hydrogen-bond acceptors (Lipinski definition) is 1. The normalized spacial score (nSPS) is 16.1. The third-order valence-corrected chi connectivity index (χ3v) is 3.31. The Balaban J connectivity index is 2.14. The predicted molar refractivity (Wildman–Crippen MR) is 64.7 cm³/mol. The number of rotatable bonds is 2. The molecule has 0 aliphatic heterocycles. The highest BCUT2D eigenvalue weighted by atomic mass is 79.9. The van der Waals surface area contributed by atoms with Crippen LogP contribution in [-0.2, 0) is 11.2 Å². The van der Waals surface area contributed by atoms with E-state index in [1.165, 1.54) is 6.07 Å². The van der Waals surface area contributed by atoms with Crippen LogP contribution < -0.4 is 0 Å². The smallest absolute Gasteiger partial charge is 0.155 e. The second-order valence-electron chi connectivity index (χ2n) is 4.05. The van der Waals surface area contributed by atoms with Gasteiger partial charge in [0.2, 0.25) is 0 Å². The number of carbonyl (C=O) groups excluding carboxylic acids is 1. The molecule has 16 heavy (non-hydrogen) atoms. The molecule has 0 spiro atoms. The third kappa shape index (κ3) is 2.79. The zero-order valence-electron chi connectivity index (χ0n) is 8.80. The van der Waals surface area contributed by atoms with E-state index in [2.05, 4.69) is 15.9 Å². The molecule has 1 aromatic carbocycles. The van der Waals surface area contributed by atoms with Crippen molar-refractivity contribution in [2.45, 2.75) is 25.7 Å². The van der Waals surface area contributed by atoms with Gasteiger partial charge in [0.25, 0.3) is 0 Å². The fraction of sp³-hybridized carbons (Fsp3) is 0.308. The van der Waals surface area contributed by atoms with Gasteiger partial charge in [-0.05, 0) is 59.0 Å². The highest BCUT2D eigenvalue weighted by molar-refractivity contribution is 9.10. The molecule has 0 aromatic heterocycles. The van der Waals surface area contributed by atoms with Crippen LogP contribution in [0.15, 0.2) is 34.3 Å². The largest absolute Gasteiger partial charge is 0.295 e. The summed E-state index contributed by atoms with van der Waals surface area (Å²) >= 11 is 3.16. The van der Waals surface area contributed by atoms with E-state index in [0.717, 1.165) is 30.4 Å². The Bertz CT molecular complexity index is 451. The lowest BCUT2D eigenvalue weighted by atomic mass is 9.93. The van der Waals surface area contributed by atoms with Gasteiger partial charge in [0.15, 0.2) is 5.78 Å². The number of benzene rings is 1. The summed E-state index contributed by atoms with van der Waals surface area (Å²) < 4.78 is 13.5. The summed E-state index contributed by atoms with van der Waals surface area (Å²) in [4.78, 5) is 11.2. The quantitative estimate of drug-likeness (QED) is 0.806. The van der Waals surface area contributed by atoms with Gasteiger partial charge < -0.3 is 0 Å².